The fraction of sp³-hybridized carbons (Fsp3) is 0. The Bertz CT molecular complexity index is 2020. The first kappa shape index (κ1) is 23.3. The predicted octanol–water partition coefficient (Wildman–Crippen LogP) is 5.41. The molecular formula is C29H18FN9O. The minimum absolute atomic E-state index is 0.0636. The van der Waals surface area contributed by atoms with Crippen LogP contribution >= 0.6 is 0 Å². The van der Waals surface area contributed by atoms with Gasteiger partial charge in [-0.2, -0.15) is 5.10 Å². The number of imidazole rings is 1. The van der Waals surface area contributed by atoms with Crippen LogP contribution in [-0.4, -0.2) is 46.0 Å². The number of carbonyl (C=O) groups is 1. The van der Waals surface area contributed by atoms with Gasteiger partial charge >= 0.3 is 0 Å². The van der Waals surface area contributed by atoms with Crippen LogP contribution in [0.4, 0.5) is 10.1 Å². The molecule has 6 heterocycles. The number of halogens is 1. The van der Waals surface area contributed by atoms with Crippen molar-refractivity contribution >= 4 is 33.5 Å². The predicted molar refractivity (Wildman–Crippen MR) is 148 cm³/mol. The van der Waals surface area contributed by atoms with Crippen LogP contribution < -0.4 is 5.32 Å². The molecule has 40 heavy (non-hydrogen) atoms. The molecule has 0 aliphatic heterocycles. The van der Waals surface area contributed by atoms with E-state index in [9.17, 15) is 4.79 Å². The van der Waals surface area contributed by atoms with Crippen LogP contribution in [0.3, 0.4) is 0 Å². The van der Waals surface area contributed by atoms with Gasteiger partial charge in [-0.3, -0.25) is 29.8 Å². The van der Waals surface area contributed by atoms with Crippen LogP contribution in [0.25, 0.3) is 56.0 Å². The lowest BCUT2D eigenvalue weighted by atomic mass is 10.1. The van der Waals surface area contributed by atoms with Crippen LogP contribution in [0, 0.1) is 5.82 Å². The monoisotopic (exact) mass is 527 g/mol. The smallest absolute Gasteiger partial charge is 0.255 e. The Kier molecular flexibility index (Phi) is 5.52. The highest BCUT2D eigenvalue weighted by Crippen LogP contribution is 2.34. The molecule has 1 amide bonds. The molecule has 1 aromatic carbocycles. The number of pyridine rings is 4. The molecule has 192 valence electrons. The molecule has 0 saturated carbocycles. The van der Waals surface area contributed by atoms with Crippen LogP contribution in [0.15, 0.2) is 91.8 Å². The first-order valence-electron chi connectivity index (χ1n) is 12.3. The van der Waals surface area contributed by atoms with E-state index >= 15 is 4.39 Å². The highest BCUT2D eigenvalue weighted by Gasteiger charge is 2.21. The van der Waals surface area contributed by atoms with E-state index in [0.29, 0.717) is 45.1 Å². The Balaban J connectivity index is 1.29. The van der Waals surface area contributed by atoms with Gasteiger partial charge in [-0.25, -0.2) is 9.37 Å². The summed E-state index contributed by atoms with van der Waals surface area (Å²) in [5, 5.41) is 10.2. The Morgan fingerprint density at radius 3 is 2.50 bits per heavy atom. The molecule has 11 heteroatoms. The number of hydrogen-bond acceptors (Lipinski definition) is 7. The number of fused-ring (bicyclic) bond motifs is 2. The van der Waals surface area contributed by atoms with Crippen molar-refractivity contribution in [1.29, 1.82) is 0 Å². The SMILES string of the molecule is O=C(Nc1cncc(-c2ncc3[nH]nc(-c4nc5c(-c6ccncc6)nccc5[nH]4)c3c2F)c1)c1ccccc1. The molecule has 0 spiro atoms. The van der Waals surface area contributed by atoms with E-state index in [-0.39, 0.29) is 17.0 Å². The van der Waals surface area contributed by atoms with Crippen molar-refractivity contribution < 1.29 is 9.18 Å². The lowest BCUT2D eigenvalue weighted by Crippen LogP contribution is -2.11. The second-order valence-electron chi connectivity index (χ2n) is 8.94. The number of carbonyl (C=O) groups excluding carboxylic acids is 1. The van der Waals surface area contributed by atoms with E-state index < -0.39 is 5.82 Å². The highest BCUT2D eigenvalue weighted by atomic mass is 19.1. The molecule has 0 aliphatic rings. The molecule has 0 atom stereocenters. The van der Waals surface area contributed by atoms with E-state index in [1.807, 2.05) is 18.2 Å². The van der Waals surface area contributed by atoms with Gasteiger partial charge in [0.2, 0.25) is 0 Å². The van der Waals surface area contributed by atoms with E-state index in [1.165, 1.54) is 18.6 Å². The Morgan fingerprint density at radius 2 is 1.65 bits per heavy atom. The fourth-order valence-corrected chi connectivity index (χ4v) is 4.55. The summed E-state index contributed by atoms with van der Waals surface area (Å²) < 4.78 is 16.1. The summed E-state index contributed by atoms with van der Waals surface area (Å²) in [4.78, 5) is 37.6. The van der Waals surface area contributed by atoms with E-state index in [1.54, 1.807) is 55.0 Å². The molecule has 7 aromatic rings. The third-order valence-corrected chi connectivity index (χ3v) is 6.43. The molecular weight excluding hydrogens is 509 g/mol. The zero-order valence-corrected chi connectivity index (χ0v) is 20.6. The molecule has 6 aromatic heterocycles. The lowest BCUT2D eigenvalue weighted by molar-refractivity contribution is 0.102. The first-order chi connectivity index (χ1) is 19.7. The minimum atomic E-state index is -0.595. The number of anilines is 1. The molecule has 10 nitrogen and oxygen atoms in total. The van der Waals surface area contributed by atoms with E-state index in [0.717, 1.165) is 11.1 Å². The van der Waals surface area contributed by atoms with Crippen LogP contribution in [0.1, 0.15) is 10.4 Å². The van der Waals surface area contributed by atoms with Gasteiger partial charge in [-0.1, -0.05) is 18.2 Å². The van der Waals surface area contributed by atoms with E-state index in [2.05, 4.69) is 40.4 Å². The third kappa shape index (κ3) is 4.02. The number of aromatic amines is 2. The van der Waals surface area contributed by atoms with Gasteiger partial charge in [-0.15, -0.1) is 0 Å². The Morgan fingerprint density at radius 1 is 0.800 bits per heavy atom. The number of nitrogens with one attached hydrogen (secondary N) is 3. The topological polar surface area (TPSA) is 138 Å². The normalized spacial score (nSPS) is 11.2. The Labute approximate surface area is 225 Å². The summed E-state index contributed by atoms with van der Waals surface area (Å²) in [6.07, 6.45) is 9.54. The number of benzene rings is 1. The molecule has 0 fully saturated rings. The number of H-pyrrole nitrogens is 2. The molecule has 0 saturated heterocycles. The maximum Gasteiger partial charge on any atom is 0.255 e. The van der Waals surface area contributed by atoms with Gasteiger partial charge < -0.3 is 10.3 Å². The number of rotatable bonds is 5. The number of aromatic nitrogens is 8. The van der Waals surface area contributed by atoms with Gasteiger partial charge in [0.15, 0.2) is 11.6 Å². The molecule has 7 rings (SSSR count). The number of amides is 1. The van der Waals surface area contributed by atoms with Crippen molar-refractivity contribution in [3.8, 4) is 34.0 Å². The van der Waals surface area contributed by atoms with Crippen LogP contribution in [-0.2, 0) is 0 Å². The number of hydrogen-bond donors (Lipinski definition) is 3. The molecule has 3 N–H and O–H groups in total. The van der Waals surface area contributed by atoms with Crippen molar-refractivity contribution in [2.24, 2.45) is 0 Å². The maximum atomic E-state index is 16.1. The summed E-state index contributed by atoms with van der Waals surface area (Å²) in [5.41, 5.74) is 4.96. The zero-order valence-electron chi connectivity index (χ0n) is 20.6. The second-order valence-corrected chi connectivity index (χ2v) is 8.94. The van der Waals surface area contributed by atoms with Gasteiger partial charge in [0, 0.05) is 41.5 Å². The average molecular weight is 528 g/mol. The first-order valence-corrected chi connectivity index (χ1v) is 12.3. The van der Waals surface area contributed by atoms with Gasteiger partial charge in [0.1, 0.15) is 16.9 Å². The largest absolute Gasteiger partial charge is 0.336 e. The van der Waals surface area contributed by atoms with Crippen molar-refractivity contribution in [2.45, 2.75) is 0 Å². The summed E-state index contributed by atoms with van der Waals surface area (Å²) >= 11 is 0. The highest BCUT2D eigenvalue weighted by molar-refractivity contribution is 6.04. The maximum absolute atomic E-state index is 16.1. The number of nitrogens with zero attached hydrogens (tertiary/aromatic N) is 6. The molecule has 0 aliphatic carbocycles. The van der Waals surface area contributed by atoms with Crippen molar-refractivity contribution in [3.05, 3.63) is 103 Å². The summed E-state index contributed by atoms with van der Waals surface area (Å²) in [6, 6.07) is 15.9. The van der Waals surface area contributed by atoms with Crippen molar-refractivity contribution in [1.82, 2.24) is 40.1 Å². The van der Waals surface area contributed by atoms with Gasteiger partial charge in [-0.05, 0) is 36.4 Å². The lowest BCUT2D eigenvalue weighted by Gasteiger charge is -2.08. The fourth-order valence-electron chi connectivity index (χ4n) is 4.55. The van der Waals surface area contributed by atoms with Crippen LogP contribution in [0.2, 0.25) is 0 Å². The minimum Gasteiger partial charge on any atom is -0.336 e. The zero-order chi connectivity index (χ0) is 27.1. The summed E-state index contributed by atoms with van der Waals surface area (Å²) in [5.74, 6) is -0.517. The van der Waals surface area contributed by atoms with Gasteiger partial charge in [0.25, 0.3) is 5.91 Å². The van der Waals surface area contributed by atoms with Crippen LogP contribution in [0.5, 0.6) is 0 Å². The summed E-state index contributed by atoms with van der Waals surface area (Å²) in [6.45, 7) is 0. The van der Waals surface area contributed by atoms with Crippen molar-refractivity contribution in [2.75, 3.05) is 5.32 Å². The molecule has 0 unspecified atom stereocenters. The van der Waals surface area contributed by atoms with E-state index in [4.69, 9.17) is 4.98 Å². The molecule has 0 bridgehead atoms. The molecule has 0 radical (unpaired) electrons. The standard InChI is InChI=1S/C29H18FN9O/c30-23-22-21(15-34-24(23)18-12-19(14-32-13-18)35-29(40)17-4-2-1-3-5-17)38-39-27(22)28-36-20-8-11-33-25(26(20)37-28)16-6-9-31-10-7-16/h1-15H,(H,35,40)(H,36,37)(H,38,39). The summed E-state index contributed by atoms with van der Waals surface area (Å²) in [7, 11) is 0. The average Bonchev–Trinajstić information content (AvgIpc) is 3.63. The third-order valence-electron chi connectivity index (χ3n) is 6.43. The second kappa shape index (κ2) is 9.48. The van der Waals surface area contributed by atoms with Gasteiger partial charge in [0.05, 0.1) is 40.2 Å². The Hall–Kier alpha value is -5.84. The van der Waals surface area contributed by atoms with Crippen molar-refractivity contribution in [3.63, 3.8) is 0 Å². The quantitative estimate of drug-likeness (QED) is 0.272.